The first-order valence-electron chi connectivity index (χ1n) is 3.75. The lowest BCUT2D eigenvalue weighted by Crippen LogP contribution is -1.79. The van der Waals surface area contributed by atoms with Crippen LogP contribution in [0.25, 0.3) is 0 Å². The largest absolute Gasteiger partial charge is 0.260 e. The Kier molecular flexibility index (Phi) is 5.54. The Balaban J connectivity index is 0.000000354. The van der Waals surface area contributed by atoms with E-state index in [4.69, 9.17) is 5.26 Å². The molecule has 0 fully saturated rings. The summed E-state index contributed by atoms with van der Waals surface area (Å²) in [6.45, 7) is 4.25. The van der Waals surface area contributed by atoms with Crippen molar-refractivity contribution in [2.75, 3.05) is 0 Å². The lowest BCUT2D eigenvalue weighted by Gasteiger charge is -1.84. The monoisotopic (exact) mass is 166 g/mol. The molecule has 0 saturated carbocycles. The highest BCUT2D eigenvalue weighted by Gasteiger charge is 1.90. The highest BCUT2D eigenvalue weighted by Crippen LogP contribution is 1.96. The Morgan fingerprint density at radius 3 is 2.42 bits per heavy atom. The third kappa shape index (κ3) is 4.40. The van der Waals surface area contributed by atoms with Crippen LogP contribution in [0.1, 0.15) is 25.8 Å². The molecule has 0 aliphatic carbocycles. The highest BCUT2D eigenvalue weighted by atomic mass is 19.1. The van der Waals surface area contributed by atoms with Gasteiger partial charge in [0.25, 0.3) is 0 Å². The normalized spacial score (nSPS) is 7.83. The van der Waals surface area contributed by atoms with E-state index in [2.05, 4.69) is 18.8 Å². The number of rotatable bonds is 0. The molecule has 1 heterocycles. The van der Waals surface area contributed by atoms with E-state index in [1.165, 1.54) is 12.6 Å². The second kappa shape index (κ2) is 6.29. The van der Waals surface area contributed by atoms with E-state index in [9.17, 15) is 4.39 Å². The lowest BCUT2D eigenvalue weighted by molar-refractivity contribution is 0.621. The molecule has 0 radical (unpaired) electrons. The van der Waals surface area contributed by atoms with Crippen LogP contribution in [-0.4, -0.2) is 4.98 Å². The SMILES string of the molecule is CCC.N#Cc1cncc(F)c1. The molecule has 0 unspecified atom stereocenters. The summed E-state index contributed by atoms with van der Waals surface area (Å²) >= 11 is 0. The van der Waals surface area contributed by atoms with E-state index >= 15 is 0 Å². The maximum absolute atomic E-state index is 12.1. The number of pyridine rings is 1. The van der Waals surface area contributed by atoms with Crippen LogP contribution >= 0.6 is 0 Å². The Morgan fingerprint density at radius 2 is 2.08 bits per heavy atom. The fourth-order valence-corrected chi connectivity index (χ4v) is 0.473. The Hall–Kier alpha value is -1.43. The number of aromatic nitrogens is 1. The summed E-state index contributed by atoms with van der Waals surface area (Å²) in [5.74, 6) is -0.478. The molecular weight excluding hydrogens is 155 g/mol. The highest BCUT2D eigenvalue weighted by molar-refractivity contribution is 5.24. The van der Waals surface area contributed by atoms with Crippen LogP contribution in [0.15, 0.2) is 18.5 Å². The summed E-state index contributed by atoms with van der Waals surface area (Å²) in [7, 11) is 0. The predicted octanol–water partition coefficient (Wildman–Crippen LogP) is 2.51. The molecule has 12 heavy (non-hydrogen) atoms. The molecular formula is C9H11FN2. The third-order valence-corrected chi connectivity index (χ3v) is 0.834. The Morgan fingerprint density at radius 1 is 1.50 bits per heavy atom. The van der Waals surface area contributed by atoms with Gasteiger partial charge in [0.2, 0.25) is 0 Å². The molecule has 0 aromatic carbocycles. The van der Waals surface area contributed by atoms with Gasteiger partial charge in [0, 0.05) is 6.20 Å². The maximum Gasteiger partial charge on any atom is 0.142 e. The van der Waals surface area contributed by atoms with E-state index in [1.54, 1.807) is 6.07 Å². The van der Waals surface area contributed by atoms with Crippen LogP contribution in [0.4, 0.5) is 4.39 Å². The number of hydrogen-bond donors (Lipinski definition) is 0. The van der Waals surface area contributed by atoms with Crippen molar-refractivity contribution in [1.29, 1.82) is 5.26 Å². The predicted molar refractivity (Wildman–Crippen MR) is 44.9 cm³/mol. The van der Waals surface area contributed by atoms with Gasteiger partial charge in [0.05, 0.1) is 11.8 Å². The molecule has 0 aliphatic rings. The first kappa shape index (κ1) is 10.6. The first-order valence-corrected chi connectivity index (χ1v) is 3.75. The molecule has 0 bridgehead atoms. The summed E-state index contributed by atoms with van der Waals surface area (Å²) in [4.78, 5) is 3.46. The summed E-state index contributed by atoms with van der Waals surface area (Å²) < 4.78 is 12.1. The van der Waals surface area contributed by atoms with Gasteiger partial charge in [-0.25, -0.2) is 4.39 Å². The lowest BCUT2D eigenvalue weighted by atomic mass is 10.3. The van der Waals surface area contributed by atoms with Gasteiger partial charge in [-0.15, -0.1) is 0 Å². The van der Waals surface area contributed by atoms with Gasteiger partial charge < -0.3 is 0 Å². The van der Waals surface area contributed by atoms with E-state index in [-0.39, 0.29) is 5.56 Å². The summed E-state index contributed by atoms with van der Waals surface area (Å²) in [5, 5.41) is 8.21. The van der Waals surface area contributed by atoms with Gasteiger partial charge in [0.1, 0.15) is 11.9 Å². The number of halogens is 1. The maximum atomic E-state index is 12.1. The molecule has 1 rings (SSSR count). The standard InChI is InChI=1S/C6H3FN2.C3H8/c7-6-1-5(2-8)3-9-4-6;1-3-2/h1,3-4H;3H2,1-2H3. The first-order chi connectivity index (χ1) is 5.74. The van der Waals surface area contributed by atoms with Crippen molar-refractivity contribution in [2.24, 2.45) is 0 Å². The smallest absolute Gasteiger partial charge is 0.142 e. The number of hydrogen-bond acceptors (Lipinski definition) is 2. The average Bonchev–Trinajstić information content (AvgIpc) is 2.06. The van der Waals surface area contributed by atoms with Crippen LogP contribution in [0.3, 0.4) is 0 Å². The summed E-state index contributed by atoms with van der Waals surface area (Å²) in [6, 6.07) is 2.90. The van der Waals surface area contributed by atoms with Gasteiger partial charge >= 0.3 is 0 Å². The van der Waals surface area contributed by atoms with E-state index < -0.39 is 5.82 Å². The Labute approximate surface area is 71.7 Å². The van der Waals surface area contributed by atoms with Gasteiger partial charge in [-0.1, -0.05) is 20.3 Å². The van der Waals surface area contributed by atoms with E-state index in [0.29, 0.717) is 0 Å². The molecule has 1 aromatic rings. The molecule has 0 saturated heterocycles. The molecule has 0 N–H and O–H groups in total. The average molecular weight is 166 g/mol. The minimum absolute atomic E-state index is 0.245. The van der Waals surface area contributed by atoms with Crippen molar-refractivity contribution < 1.29 is 4.39 Å². The zero-order valence-corrected chi connectivity index (χ0v) is 7.21. The zero-order valence-electron chi connectivity index (χ0n) is 7.21. The molecule has 0 spiro atoms. The number of nitrogens with zero attached hydrogens (tertiary/aromatic N) is 2. The van der Waals surface area contributed by atoms with Crippen LogP contribution in [-0.2, 0) is 0 Å². The van der Waals surface area contributed by atoms with Crippen LogP contribution < -0.4 is 0 Å². The van der Waals surface area contributed by atoms with E-state index in [0.717, 1.165) is 12.3 Å². The van der Waals surface area contributed by atoms with Crippen molar-refractivity contribution in [3.8, 4) is 6.07 Å². The van der Waals surface area contributed by atoms with Gasteiger partial charge in [0.15, 0.2) is 0 Å². The van der Waals surface area contributed by atoms with Crippen molar-refractivity contribution >= 4 is 0 Å². The summed E-state index contributed by atoms with van der Waals surface area (Å²) in [5.41, 5.74) is 0.245. The minimum atomic E-state index is -0.478. The molecule has 3 heteroatoms. The van der Waals surface area contributed by atoms with Crippen molar-refractivity contribution in [3.63, 3.8) is 0 Å². The molecule has 64 valence electrons. The summed E-state index contributed by atoms with van der Waals surface area (Å²) in [6.07, 6.45) is 3.62. The van der Waals surface area contributed by atoms with Crippen LogP contribution in [0.5, 0.6) is 0 Å². The van der Waals surface area contributed by atoms with Gasteiger partial charge in [-0.2, -0.15) is 5.26 Å². The van der Waals surface area contributed by atoms with Crippen molar-refractivity contribution in [2.45, 2.75) is 20.3 Å². The Bertz CT molecular complexity index is 265. The molecule has 0 amide bonds. The number of nitriles is 1. The molecule has 1 aromatic heterocycles. The topological polar surface area (TPSA) is 36.7 Å². The van der Waals surface area contributed by atoms with Gasteiger partial charge in [-0.05, 0) is 6.07 Å². The second-order valence-corrected chi connectivity index (χ2v) is 2.21. The van der Waals surface area contributed by atoms with Crippen molar-refractivity contribution in [3.05, 3.63) is 29.8 Å². The molecule has 0 atom stereocenters. The fraction of sp³-hybridized carbons (Fsp3) is 0.333. The zero-order chi connectivity index (χ0) is 9.40. The molecule has 0 aliphatic heterocycles. The van der Waals surface area contributed by atoms with Crippen molar-refractivity contribution in [1.82, 2.24) is 4.98 Å². The quantitative estimate of drug-likeness (QED) is 0.593. The van der Waals surface area contributed by atoms with E-state index in [1.807, 2.05) is 0 Å². The van der Waals surface area contributed by atoms with Crippen LogP contribution in [0, 0.1) is 17.1 Å². The fourth-order valence-electron chi connectivity index (χ4n) is 0.473. The molecule has 2 nitrogen and oxygen atoms in total. The minimum Gasteiger partial charge on any atom is -0.260 e. The third-order valence-electron chi connectivity index (χ3n) is 0.834. The van der Waals surface area contributed by atoms with Gasteiger partial charge in [-0.3, -0.25) is 4.98 Å². The van der Waals surface area contributed by atoms with Crippen LogP contribution in [0.2, 0.25) is 0 Å². The second-order valence-electron chi connectivity index (χ2n) is 2.21.